The van der Waals surface area contributed by atoms with E-state index in [1.54, 1.807) is 12.3 Å². The number of hydrogen-bond donors (Lipinski definition) is 0. The fourth-order valence-electron chi connectivity index (χ4n) is 1.85. The minimum Gasteiger partial charge on any atom is -0.496 e. The minimum atomic E-state index is -0.477. The average molecular weight is 217 g/mol. The van der Waals surface area contributed by atoms with Crippen LogP contribution >= 0.6 is 0 Å². The van der Waals surface area contributed by atoms with Gasteiger partial charge in [-0.15, -0.1) is 0 Å². The summed E-state index contributed by atoms with van der Waals surface area (Å²) in [4.78, 5) is 27.5. The fourth-order valence-corrected chi connectivity index (χ4v) is 1.85. The number of ketones is 2. The van der Waals surface area contributed by atoms with Gasteiger partial charge in [-0.3, -0.25) is 14.6 Å². The van der Waals surface area contributed by atoms with Gasteiger partial charge in [0.2, 0.25) is 11.6 Å². The molecule has 82 valence electrons. The molecule has 2 rings (SSSR count). The van der Waals surface area contributed by atoms with Crippen molar-refractivity contribution in [2.24, 2.45) is 0 Å². The summed E-state index contributed by atoms with van der Waals surface area (Å²) in [6, 6.07) is 1.54. The summed E-state index contributed by atoms with van der Waals surface area (Å²) >= 11 is 0. The summed E-state index contributed by atoms with van der Waals surface area (Å²) in [5, 5.41) is 0. The van der Waals surface area contributed by atoms with Crippen LogP contribution in [0.25, 0.3) is 5.76 Å². The first-order valence-corrected chi connectivity index (χ1v) is 5.01. The van der Waals surface area contributed by atoms with Crippen molar-refractivity contribution in [3.05, 3.63) is 35.2 Å². The molecule has 0 radical (unpaired) electrons. The maximum Gasteiger partial charge on any atom is 0.234 e. The Kier molecular flexibility index (Phi) is 2.56. The number of pyridine rings is 1. The van der Waals surface area contributed by atoms with Crippen LogP contribution in [0.4, 0.5) is 0 Å². The third-order valence-electron chi connectivity index (χ3n) is 2.62. The number of carbonyl (C=O) groups excluding carboxylic acids is 2. The Hall–Kier alpha value is -1.97. The quantitative estimate of drug-likeness (QED) is 0.706. The van der Waals surface area contributed by atoms with Crippen LogP contribution in [-0.4, -0.2) is 23.7 Å². The molecule has 0 bridgehead atoms. The Labute approximate surface area is 92.9 Å². The number of methoxy groups -OCH3 is 1. The van der Waals surface area contributed by atoms with Crippen molar-refractivity contribution in [1.29, 1.82) is 0 Å². The van der Waals surface area contributed by atoms with E-state index >= 15 is 0 Å². The number of carbonyl (C=O) groups is 2. The lowest BCUT2D eigenvalue weighted by Gasteiger charge is -2.18. The summed E-state index contributed by atoms with van der Waals surface area (Å²) < 4.78 is 5.21. The second kappa shape index (κ2) is 3.89. The van der Waals surface area contributed by atoms with Gasteiger partial charge in [-0.2, -0.15) is 0 Å². The van der Waals surface area contributed by atoms with Gasteiger partial charge in [-0.25, -0.2) is 0 Å². The van der Waals surface area contributed by atoms with Gasteiger partial charge in [-0.1, -0.05) is 6.92 Å². The highest BCUT2D eigenvalue weighted by molar-refractivity contribution is 6.52. The summed E-state index contributed by atoms with van der Waals surface area (Å²) in [6.45, 7) is 1.82. The highest BCUT2D eigenvalue weighted by Crippen LogP contribution is 2.30. The van der Waals surface area contributed by atoms with E-state index < -0.39 is 11.6 Å². The van der Waals surface area contributed by atoms with E-state index in [4.69, 9.17) is 4.74 Å². The van der Waals surface area contributed by atoms with Crippen molar-refractivity contribution in [2.75, 3.05) is 7.11 Å². The van der Waals surface area contributed by atoms with Crippen molar-refractivity contribution >= 4 is 17.3 Å². The molecule has 1 aromatic heterocycles. The number of hydrogen-bond acceptors (Lipinski definition) is 4. The standard InChI is InChI=1S/C12H11NO3/c1-3-7-10(14)11(15)8-4-5-13-6-9(8)12(7)16-2/h4-6H,3H2,1-2H3. The van der Waals surface area contributed by atoms with Crippen LogP contribution in [0.3, 0.4) is 0 Å². The number of fused-ring (bicyclic) bond motifs is 1. The topological polar surface area (TPSA) is 56.3 Å². The zero-order chi connectivity index (χ0) is 11.7. The largest absolute Gasteiger partial charge is 0.496 e. The van der Waals surface area contributed by atoms with E-state index in [9.17, 15) is 9.59 Å². The maximum absolute atomic E-state index is 11.8. The molecule has 0 unspecified atom stereocenters. The van der Waals surface area contributed by atoms with Crippen LogP contribution < -0.4 is 0 Å². The van der Waals surface area contributed by atoms with E-state index in [-0.39, 0.29) is 0 Å². The minimum absolute atomic E-state index is 0.369. The van der Waals surface area contributed by atoms with Crippen molar-refractivity contribution in [1.82, 2.24) is 4.98 Å². The van der Waals surface area contributed by atoms with Gasteiger partial charge in [0.05, 0.1) is 7.11 Å². The second-order valence-corrected chi connectivity index (χ2v) is 3.44. The lowest BCUT2D eigenvalue weighted by Crippen LogP contribution is -2.24. The van der Waals surface area contributed by atoms with E-state index in [2.05, 4.69) is 4.98 Å². The van der Waals surface area contributed by atoms with Crippen LogP contribution in [-0.2, 0) is 9.53 Å². The Morgan fingerprint density at radius 2 is 2.00 bits per heavy atom. The lowest BCUT2D eigenvalue weighted by molar-refractivity contribution is -0.112. The molecule has 1 aromatic rings. The summed E-state index contributed by atoms with van der Waals surface area (Å²) in [6.07, 6.45) is 3.52. The van der Waals surface area contributed by atoms with Crippen LogP contribution in [0.15, 0.2) is 24.0 Å². The maximum atomic E-state index is 11.8. The van der Waals surface area contributed by atoms with Crippen molar-refractivity contribution in [3.8, 4) is 0 Å². The van der Waals surface area contributed by atoms with E-state index in [0.29, 0.717) is 28.9 Å². The van der Waals surface area contributed by atoms with Gasteiger partial charge >= 0.3 is 0 Å². The molecule has 0 amide bonds. The van der Waals surface area contributed by atoms with E-state index in [0.717, 1.165) is 0 Å². The van der Waals surface area contributed by atoms with Crippen LogP contribution in [0.2, 0.25) is 0 Å². The molecule has 4 nitrogen and oxygen atoms in total. The van der Waals surface area contributed by atoms with Crippen LogP contribution in [0, 0.1) is 0 Å². The van der Waals surface area contributed by atoms with Crippen molar-refractivity contribution in [2.45, 2.75) is 13.3 Å². The van der Waals surface area contributed by atoms with Crippen molar-refractivity contribution in [3.63, 3.8) is 0 Å². The molecule has 16 heavy (non-hydrogen) atoms. The predicted molar refractivity (Wildman–Crippen MR) is 57.8 cm³/mol. The summed E-state index contributed by atoms with van der Waals surface area (Å²) in [5.74, 6) is -0.483. The first kappa shape index (κ1) is 10.5. The Balaban J connectivity index is 2.74. The highest BCUT2D eigenvalue weighted by Gasteiger charge is 2.32. The highest BCUT2D eigenvalue weighted by atomic mass is 16.5. The predicted octanol–water partition coefficient (Wildman–Crippen LogP) is 1.61. The monoisotopic (exact) mass is 217 g/mol. The first-order valence-electron chi connectivity index (χ1n) is 5.01. The molecule has 0 spiro atoms. The molecule has 1 heterocycles. The van der Waals surface area contributed by atoms with Gasteiger partial charge in [0, 0.05) is 29.1 Å². The third kappa shape index (κ3) is 1.34. The number of nitrogens with zero attached hydrogens (tertiary/aromatic N) is 1. The van der Waals surface area contributed by atoms with Gasteiger partial charge in [0.15, 0.2) is 0 Å². The number of allylic oxidation sites excluding steroid dienone is 1. The first-order chi connectivity index (χ1) is 7.70. The zero-order valence-electron chi connectivity index (χ0n) is 9.11. The molecule has 0 fully saturated rings. The molecule has 0 saturated carbocycles. The van der Waals surface area contributed by atoms with Gasteiger partial charge in [0.25, 0.3) is 0 Å². The van der Waals surface area contributed by atoms with Crippen LogP contribution in [0.1, 0.15) is 29.3 Å². The van der Waals surface area contributed by atoms with Gasteiger partial charge < -0.3 is 4.74 Å². The fraction of sp³-hybridized carbons (Fsp3) is 0.250. The van der Waals surface area contributed by atoms with Gasteiger partial charge in [0.1, 0.15) is 5.76 Å². The average Bonchev–Trinajstić information content (AvgIpc) is 2.33. The number of rotatable bonds is 2. The van der Waals surface area contributed by atoms with E-state index in [1.165, 1.54) is 13.3 Å². The van der Waals surface area contributed by atoms with Gasteiger partial charge in [-0.05, 0) is 12.5 Å². The lowest BCUT2D eigenvalue weighted by atomic mass is 9.88. The summed E-state index contributed by atoms with van der Waals surface area (Å²) in [7, 11) is 1.49. The number of Topliss-reactive ketones (excluding diaryl/α,β-unsaturated/α-hetero) is 2. The Morgan fingerprint density at radius 1 is 1.25 bits per heavy atom. The second-order valence-electron chi connectivity index (χ2n) is 3.44. The summed E-state index contributed by atoms with van der Waals surface area (Å²) in [5.41, 5.74) is 1.40. The molecular formula is C12H11NO3. The SMILES string of the molecule is CCC1=C(OC)c2cnccc2C(=O)C1=O. The normalized spacial score (nSPS) is 15.1. The van der Waals surface area contributed by atoms with E-state index in [1.807, 2.05) is 6.92 Å². The molecule has 0 atom stereocenters. The zero-order valence-corrected chi connectivity index (χ0v) is 9.11. The smallest absolute Gasteiger partial charge is 0.234 e. The third-order valence-corrected chi connectivity index (χ3v) is 2.62. The molecule has 0 N–H and O–H groups in total. The van der Waals surface area contributed by atoms with Crippen LogP contribution in [0.5, 0.6) is 0 Å². The molecule has 4 heteroatoms. The molecule has 1 aliphatic rings. The molecule has 0 aliphatic heterocycles. The molecule has 0 saturated heterocycles. The molecular weight excluding hydrogens is 206 g/mol. The Morgan fingerprint density at radius 3 is 2.62 bits per heavy atom. The number of ether oxygens (including phenoxy) is 1. The number of aromatic nitrogens is 1. The Bertz CT molecular complexity index is 503. The van der Waals surface area contributed by atoms with Crippen molar-refractivity contribution < 1.29 is 14.3 Å². The molecule has 0 aromatic carbocycles. The molecule has 1 aliphatic carbocycles.